The first-order chi connectivity index (χ1) is 10.1. The molecule has 1 aromatic heterocycles. The van der Waals surface area contributed by atoms with E-state index >= 15 is 0 Å². The molecule has 2 rings (SSSR count). The lowest BCUT2D eigenvalue weighted by atomic mass is 10.1. The van der Waals surface area contributed by atoms with Gasteiger partial charge in [-0.15, -0.1) is 0 Å². The van der Waals surface area contributed by atoms with Crippen molar-refractivity contribution >= 4 is 5.91 Å². The maximum absolute atomic E-state index is 12.3. The number of aryl methyl sites for hydroxylation is 1. The number of aromatic nitrogens is 2. The van der Waals surface area contributed by atoms with E-state index in [1.165, 1.54) is 26.0 Å². The van der Waals surface area contributed by atoms with Crippen LogP contribution in [0.3, 0.4) is 0 Å². The van der Waals surface area contributed by atoms with Crippen LogP contribution in [0.4, 0.5) is 0 Å². The Morgan fingerprint density at radius 3 is 2.19 bits per heavy atom. The summed E-state index contributed by atoms with van der Waals surface area (Å²) in [5, 5.41) is 0. The average molecular weight is 291 g/mol. The van der Waals surface area contributed by atoms with E-state index in [9.17, 15) is 4.79 Å². The molecule has 2 aromatic rings. The maximum Gasteiger partial charge on any atom is 0.270 e. The van der Waals surface area contributed by atoms with Gasteiger partial charge in [-0.05, 0) is 19.1 Å². The lowest BCUT2D eigenvalue weighted by molar-refractivity contribution is 0.101. The largest absolute Gasteiger partial charge is 0.493 e. The molecule has 0 saturated heterocycles. The lowest BCUT2D eigenvalue weighted by Gasteiger charge is -2.14. The monoisotopic (exact) mass is 291 g/mol. The lowest BCUT2D eigenvalue weighted by Crippen LogP contribution is -2.23. The van der Waals surface area contributed by atoms with Crippen LogP contribution in [0.25, 0.3) is 0 Å². The quantitative estimate of drug-likeness (QED) is 0.905. The Hall–Kier alpha value is -2.70. The van der Waals surface area contributed by atoms with Crippen LogP contribution in [-0.2, 0) is 0 Å². The first-order valence-corrected chi connectivity index (χ1v) is 6.22. The van der Waals surface area contributed by atoms with Gasteiger partial charge in [-0.3, -0.25) is 10.2 Å². The number of carbonyl (C=O) groups excluding carboxylic acids is 1. The molecule has 1 N–H and O–H groups in total. The molecule has 0 atom stereocenters. The summed E-state index contributed by atoms with van der Waals surface area (Å²) in [6.07, 6.45) is 3.26. The van der Waals surface area contributed by atoms with Crippen molar-refractivity contribution in [3.05, 3.63) is 35.9 Å². The van der Waals surface area contributed by atoms with Crippen molar-refractivity contribution in [3.8, 4) is 17.2 Å². The molecule has 0 saturated carbocycles. The van der Waals surface area contributed by atoms with Crippen LogP contribution in [0, 0.1) is 6.92 Å². The van der Waals surface area contributed by atoms with Gasteiger partial charge in [0, 0.05) is 18.0 Å². The highest BCUT2D eigenvalue weighted by Crippen LogP contribution is 2.38. The molecule has 0 unspecified atom stereocenters. The third-order valence-electron chi connectivity index (χ3n) is 2.97. The van der Waals surface area contributed by atoms with Gasteiger partial charge in [0.25, 0.3) is 5.91 Å². The summed E-state index contributed by atoms with van der Waals surface area (Å²) in [5.74, 6) is 1.65. The molecule has 0 aliphatic carbocycles. The molecule has 0 aliphatic rings. The highest BCUT2D eigenvalue weighted by Gasteiger charge is 2.17. The number of amides is 1. The normalized spacial score (nSPS) is 10.1. The summed E-state index contributed by atoms with van der Waals surface area (Å²) < 4.78 is 17.2. The fraction of sp³-hybridized carbons (Fsp3) is 0.286. The molecule has 7 nitrogen and oxygen atoms in total. The molecular weight excluding hydrogens is 274 g/mol. The molecule has 0 fully saturated rings. The third kappa shape index (κ3) is 2.91. The van der Waals surface area contributed by atoms with Crippen LogP contribution in [0.5, 0.6) is 17.2 Å². The Morgan fingerprint density at radius 2 is 1.76 bits per heavy atom. The number of hydrogen-bond donors (Lipinski definition) is 1. The number of carbonyl (C=O) groups is 1. The van der Waals surface area contributed by atoms with Crippen LogP contribution >= 0.6 is 0 Å². The first-order valence-electron chi connectivity index (χ1n) is 6.22. The molecule has 1 heterocycles. The Labute approximate surface area is 122 Å². The fourth-order valence-electron chi connectivity index (χ4n) is 1.88. The van der Waals surface area contributed by atoms with E-state index in [0.717, 1.165) is 0 Å². The second-order valence-electron chi connectivity index (χ2n) is 4.20. The van der Waals surface area contributed by atoms with E-state index in [4.69, 9.17) is 14.2 Å². The zero-order valence-electron chi connectivity index (χ0n) is 12.3. The Balaban J connectivity index is 2.35. The molecular formula is C14H17N3O4. The van der Waals surface area contributed by atoms with Crippen molar-refractivity contribution in [2.45, 2.75) is 6.92 Å². The summed E-state index contributed by atoms with van der Waals surface area (Å²) in [6, 6.07) is 3.17. The van der Waals surface area contributed by atoms with Crippen LogP contribution < -0.4 is 19.6 Å². The summed E-state index contributed by atoms with van der Waals surface area (Å²) in [7, 11) is 4.51. The van der Waals surface area contributed by atoms with E-state index in [-0.39, 0.29) is 5.91 Å². The van der Waals surface area contributed by atoms with Crippen molar-refractivity contribution in [3.63, 3.8) is 0 Å². The van der Waals surface area contributed by atoms with Crippen molar-refractivity contribution in [2.24, 2.45) is 0 Å². The number of imidazole rings is 1. The molecule has 0 bridgehead atoms. The van der Waals surface area contributed by atoms with Gasteiger partial charge in [0.15, 0.2) is 11.5 Å². The summed E-state index contributed by atoms with van der Waals surface area (Å²) in [6.45, 7) is 1.79. The van der Waals surface area contributed by atoms with Crippen LogP contribution in [0.2, 0.25) is 0 Å². The van der Waals surface area contributed by atoms with Crippen molar-refractivity contribution in [1.82, 2.24) is 9.66 Å². The zero-order valence-corrected chi connectivity index (χ0v) is 12.3. The second-order valence-corrected chi connectivity index (χ2v) is 4.20. The van der Waals surface area contributed by atoms with E-state index in [1.54, 1.807) is 31.5 Å². The van der Waals surface area contributed by atoms with Gasteiger partial charge in [-0.25, -0.2) is 9.66 Å². The van der Waals surface area contributed by atoms with E-state index in [0.29, 0.717) is 28.6 Å². The van der Waals surface area contributed by atoms with Gasteiger partial charge in [0.2, 0.25) is 5.75 Å². The predicted octanol–water partition coefficient (Wildman–Crippen LogP) is 1.60. The summed E-state index contributed by atoms with van der Waals surface area (Å²) in [5.41, 5.74) is 3.10. The Kier molecular flexibility index (Phi) is 4.32. The van der Waals surface area contributed by atoms with Crippen LogP contribution in [0.15, 0.2) is 24.5 Å². The number of methoxy groups -OCH3 is 3. The average Bonchev–Trinajstić information content (AvgIpc) is 2.90. The number of nitrogens with one attached hydrogen (secondary N) is 1. The molecule has 7 heteroatoms. The highest BCUT2D eigenvalue weighted by molar-refractivity contribution is 6.01. The first kappa shape index (κ1) is 14.7. The van der Waals surface area contributed by atoms with E-state index in [2.05, 4.69) is 10.4 Å². The maximum atomic E-state index is 12.3. The van der Waals surface area contributed by atoms with E-state index < -0.39 is 0 Å². The standard InChI is InChI=1S/C14H17N3O4/c1-9-15-5-6-17(9)16-14(18)10-7-11(19-2)13(21-4)12(8-10)20-3/h5-8H,1-4H3,(H,16,18). The smallest absolute Gasteiger partial charge is 0.270 e. The van der Waals surface area contributed by atoms with Crippen molar-refractivity contribution in [1.29, 1.82) is 0 Å². The van der Waals surface area contributed by atoms with Crippen LogP contribution in [-0.4, -0.2) is 36.9 Å². The minimum Gasteiger partial charge on any atom is -0.493 e. The number of ether oxygens (including phenoxy) is 3. The Morgan fingerprint density at radius 1 is 1.14 bits per heavy atom. The minimum absolute atomic E-state index is 0.310. The zero-order chi connectivity index (χ0) is 15.4. The molecule has 0 aliphatic heterocycles. The van der Waals surface area contributed by atoms with Gasteiger partial charge in [-0.2, -0.15) is 0 Å². The van der Waals surface area contributed by atoms with Gasteiger partial charge >= 0.3 is 0 Å². The minimum atomic E-state index is -0.310. The molecule has 21 heavy (non-hydrogen) atoms. The number of nitrogens with zero attached hydrogens (tertiary/aromatic N) is 2. The number of hydrogen-bond acceptors (Lipinski definition) is 5. The molecule has 1 aromatic carbocycles. The van der Waals surface area contributed by atoms with Crippen molar-refractivity contribution in [2.75, 3.05) is 26.8 Å². The summed E-state index contributed by atoms with van der Waals surface area (Å²) >= 11 is 0. The Bertz CT molecular complexity index is 626. The third-order valence-corrected chi connectivity index (χ3v) is 2.97. The molecule has 0 radical (unpaired) electrons. The summed E-state index contributed by atoms with van der Waals surface area (Å²) in [4.78, 5) is 16.3. The van der Waals surface area contributed by atoms with Gasteiger partial charge in [0.05, 0.1) is 21.3 Å². The predicted molar refractivity (Wildman–Crippen MR) is 76.8 cm³/mol. The fourth-order valence-corrected chi connectivity index (χ4v) is 1.88. The topological polar surface area (TPSA) is 74.6 Å². The van der Waals surface area contributed by atoms with Crippen LogP contribution in [0.1, 0.15) is 16.2 Å². The highest BCUT2D eigenvalue weighted by atomic mass is 16.5. The second kappa shape index (κ2) is 6.17. The molecule has 0 spiro atoms. The molecule has 112 valence electrons. The van der Waals surface area contributed by atoms with Gasteiger partial charge in [0.1, 0.15) is 5.82 Å². The van der Waals surface area contributed by atoms with Gasteiger partial charge < -0.3 is 14.2 Å². The number of benzene rings is 1. The van der Waals surface area contributed by atoms with Gasteiger partial charge in [-0.1, -0.05) is 0 Å². The molecule has 1 amide bonds. The number of rotatable bonds is 5. The SMILES string of the molecule is COc1cc(C(=O)Nn2ccnc2C)cc(OC)c1OC. The van der Waals surface area contributed by atoms with Crippen molar-refractivity contribution < 1.29 is 19.0 Å². The van der Waals surface area contributed by atoms with E-state index in [1.807, 2.05) is 0 Å².